The van der Waals surface area contributed by atoms with Crippen LogP contribution in [0.25, 0.3) is 11.3 Å². The molecular weight excluding hydrogens is 332 g/mol. The van der Waals surface area contributed by atoms with Crippen LogP contribution < -0.4 is 10.6 Å². The third-order valence-corrected chi connectivity index (χ3v) is 4.22. The summed E-state index contributed by atoms with van der Waals surface area (Å²) in [5.74, 6) is 1.16. The summed E-state index contributed by atoms with van der Waals surface area (Å²) in [4.78, 5) is 20.6. The number of hydrogen-bond donors (Lipinski definition) is 2. The molecule has 0 spiro atoms. The highest BCUT2D eigenvalue weighted by Gasteiger charge is 2.07. The molecule has 1 aromatic carbocycles. The Hall–Kier alpha value is -2.73. The van der Waals surface area contributed by atoms with Gasteiger partial charge in [0, 0.05) is 29.2 Å². The molecule has 2 N–H and O–H groups in total. The monoisotopic (exact) mass is 352 g/mol. The van der Waals surface area contributed by atoms with E-state index in [0.717, 1.165) is 27.9 Å². The first-order valence-corrected chi connectivity index (χ1v) is 9.02. The van der Waals surface area contributed by atoms with E-state index >= 15 is 0 Å². The van der Waals surface area contributed by atoms with E-state index in [1.165, 1.54) is 11.3 Å². The van der Waals surface area contributed by atoms with Gasteiger partial charge in [0.1, 0.15) is 5.82 Å². The molecule has 0 aliphatic rings. The molecule has 3 aromatic rings. The smallest absolute Gasteiger partial charge is 0.224 e. The predicted molar refractivity (Wildman–Crippen MR) is 103 cm³/mol. The van der Waals surface area contributed by atoms with Crippen LogP contribution in [-0.2, 0) is 4.79 Å². The number of carbonyl (C=O) groups is 1. The molecule has 6 heteroatoms. The first-order chi connectivity index (χ1) is 12.1. The van der Waals surface area contributed by atoms with E-state index in [0.29, 0.717) is 12.3 Å². The van der Waals surface area contributed by atoms with E-state index < -0.39 is 0 Å². The molecule has 0 aliphatic heterocycles. The maximum atomic E-state index is 11.8. The van der Waals surface area contributed by atoms with Crippen molar-refractivity contribution in [2.45, 2.75) is 20.3 Å². The SMILES string of the molecule is CC(C)CC(=O)Nc1ccc(-c2csc(Nc3ccccn3)n2)cc1. The van der Waals surface area contributed by atoms with Crippen molar-refractivity contribution in [2.75, 3.05) is 10.6 Å². The molecule has 0 saturated heterocycles. The zero-order valence-corrected chi connectivity index (χ0v) is 15.0. The molecule has 0 fully saturated rings. The van der Waals surface area contributed by atoms with E-state index in [1.807, 2.05) is 61.7 Å². The van der Waals surface area contributed by atoms with Gasteiger partial charge in [0.05, 0.1) is 5.69 Å². The third kappa shape index (κ3) is 4.87. The molecule has 2 heterocycles. The fourth-order valence-corrected chi connectivity index (χ4v) is 3.04. The van der Waals surface area contributed by atoms with Crippen molar-refractivity contribution in [1.82, 2.24) is 9.97 Å². The fraction of sp³-hybridized carbons (Fsp3) is 0.211. The molecule has 0 bridgehead atoms. The molecule has 0 unspecified atom stereocenters. The van der Waals surface area contributed by atoms with Gasteiger partial charge in [0.15, 0.2) is 5.13 Å². The lowest BCUT2D eigenvalue weighted by Gasteiger charge is -2.07. The van der Waals surface area contributed by atoms with Gasteiger partial charge in [0.2, 0.25) is 5.91 Å². The lowest BCUT2D eigenvalue weighted by molar-refractivity contribution is -0.116. The van der Waals surface area contributed by atoms with Gasteiger partial charge < -0.3 is 10.6 Å². The Kier molecular flexibility index (Phi) is 5.40. The van der Waals surface area contributed by atoms with Crippen LogP contribution in [0.4, 0.5) is 16.6 Å². The number of thiazole rings is 1. The number of hydrogen-bond acceptors (Lipinski definition) is 5. The maximum Gasteiger partial charge on any atom is 0.224 e. The summed E-state index contributed by atoms with van der Waals surface area (Å²) in [5, 5.41) is 8.89. The number of nitrogens with one attached hydrogen (secondary N) is 2. The molecule has 0 saturated carbocycles. The lowest BCUT2D eigenvalue weighted by atomic mass is 10.1. The number of carbonyl (C=O) groups excluding carboxylic acids is 1. The second-order valence-electron chi connectivity index (χ2n) is 6.10. The average Bonchev–Trinajstić information content (AvgIpc) is 3.04. The second kappa shape index (κ2) is 7.90. The highest BCUT2D eigenvalue weighted by molar-refractivity contribution is 7.14. The van der Waals surface area contributed by atoms with Gasteiger partial charge >= 0.3 is 0 Å². The van der Waals surface area contributed by atoms with Gasteiger partial charge in [-0.25, -0.2) is 9.97 Å². The second-order valence-corrected chi connectivity index (χ2v) is 6.96. The third-order valence-electron chi connectivity index (χ3n) is 3.46. The van der Waals surface area contributed by atoms with Crippen LogP contribution >= 0.6 is 11.3 Å². The predicted octanol–water partition coefficient (Wildman–Crippen LogP) is 4.93. The summed E-state index contributed by atoms with van der Waals surface area (Å²) < 4.78 is 0. The topological polar surface area (TPSA) is 66.9 Å². The summed E-state index contributed by atoms with van der Waals surface area (Å²) in [6.45, 7) is 4.06. The molecule has 0 atom stereocenters. The zero-order chi connectivity index (χ0) is 17.6. The fourth-order valence-electron chi connectivity index (χ4n) is 2.32. The molecule has 1 amide bonds. The number of nitrogens with zero attached hydrogens (tertiary/aromatic N) is 2. The van der Waals surface area contributed by atoms with Gasteiger partial charge in [-0.15, -0.1) is 11.3 Å². The number of amides is 1. The number of anilines is 3. The Morgan fingerprint density at radius 2 is 1.96 bits per heavy atom. The van der Waals surface area contributed by atoms with Crippen LogP contribution in [0.2, 0.25) is 0 Å². The van der Waals surface area contributed by atoms with Crippen molar-refractivity contribution in [3.63, 3.8) is 0 Å². The van der Waals surface area contributed by atoms with Crippen molar-refractivity contribution >= 4 is 33.9 Å². The van der Waals surface area contributed by atoms with E-state index in [1.54, 1.807) is 6.20 Å². The van der Waals surface area contributed by atoms with Crippen molar-refractivity contribution in [3.05, 3.63) is 54.0 Å². The molecule has 128 valence electrons. The zero-order valence-electron chi connectivity index (χ0n) is 14.2. The molecule has 3 rings (SSSR count). The normalized spacial score (nSPS) is 10.7. The Morgan fingerprint density at radius 3 is 2.64 bits per heavy atom. The number of pyridine rings is 1. The van der Waals surface area contributed by atoms with Crippen LogP contribution in [0.5, 0.6) is 0 Å². The largest absolute Gasteiger partial charge is 0.326 e. The van der Waals surface area contributed by atoms with E-state index in [-0.39, 0.29) is 5.91 Å². The minimum absolute atomic E-state index is 0.0401. The number of benzene rings is 1. The highest BCUT2D eigenvalue weighted by Crippen LogP contribution is 2.27. The molecule has 25 heavy (non-hydrogen) atoms. The van der Waals surface area contributed by atoms with Crippen molar-refractivity contribution in [3.8, 4) is 11.3 Å². The van der Waals surface area contributed by atoms with Crippen LogP contribution in [0.15, 0.2) is 54.0 Å². The number of rotatable bonds is 6. The molecule has 0 radical (unpaired) electrons. The van der Waals surface area contributed by atoms with Crippen LogP contribution in [0.1, 0.15) is 20.3 Å². The summed E-state index contributed by atoms with van der Waals surface area (Å²) in [5.41, 5.74) is 2.70. The molecule has 0 aliphatic carbocycles. The Labute approximate surface area is 151 Å². The van der Waals surface area contributed by atoms with Crippen LogP contribution in [0, 0.1) is 5.92 Å². The highest BCUT2D eigenvalue weighted by atomic mass is 32.1. The first-order valence-electron chi connectivity index (χ1n) is 8.14. The van der Waals surface area contributed by atoms with Crippen molar-refractivity contribution in [1.29, 1.82) is 0 Å². The van der Waals surface area contributed by atoms with Crippen LogP contribution in [-0.4, -0.2) is 15.9 Å². The Morgan fingerprint density at radius 1 is 1.16 bits per heavy atom. The van der Waals surface area contributed by atoms with Gasteiger partial charge in [-0.2, -0.15) is 0 Å². The van der Waals surface area contributed by atoms with Gasteiger partial charge in [-0.3, -0.25) is 4.79 Å². The Balaban J connectivity index is 1.65. The van der Waals surface area contributed by atoms with Crippen molar-refractivity contribution in [2.24, 2.45) is 5.92 Å². The standard InChI is InChI=1S/C19H20N4OS/c1-13(2)11-18(24)21-15-8-6-14(7-9-15)16-12-25-19(22-16)23-17-5-3-4-10-20-17/h3-10,12-13H,11H2,1-2H3,(H,21,24)(H,20,22,23). The molecule has 5 nitrogen and oxygen atoms in total. The Bertz CT molecular complexity index is 828. The molecular formula is C19H20N4OS. The minimum Gasteiger partial charge on any atom is -0.326 e. The summed E-state index contributed by atoms with van der Waals surface area (Å²) in [7, 11) is 0. The van der Waals surface area contributed by atoms with Gasteiger partial charge in [0.25, 0.3) is 0 Å². The lowest BCUT2D eigenvalue weighted by Crippen LogP contribution is -2.13. The average molecular weight is 352 g/mol. The van der Waals surface area contributed by atoms with Gasteiger partial charge in [-0.05, 0) is 30.2 Å². The number of aromatic nitrogens is 2. The summed E-state index contributed by atoms with van der Waals surface area (Å²) in [6, 6.07) is 13.4. The summed E-state index contributed by atoms with van der Waals surface area (Å²) >= 11 is 1.53. The van der Waals surface area contributed by atoms with Gasteiger partial charge in [-0.1, -0.05) is 32.0 Å². The quantitative estimate of drug-likeness (QED) is 0.660. The summed E-state index contributed by atoms with van der Waals surface area (Å²) in [6.07, 6.45) is 2.26. The van der Waals surface area contributed by atoms with Crippen molar-refractivity contribution < 1.29 is 4.79 Å². The van der Waals surface area contributed by atoms with E-state index in [9.17, 15) is 4.79 Å². The van der Waals surface area contributed by atoms with E-state index in [4.69, 9.17) is 0 Å². The van der Waals surface area contributed by atoms with Crippen LogP contribution in [0.3, 0.4) is 0 Å². The van der Waals surface area contributed by atoms with E-state index in [2.05, 4.69) is 20.6 Å². The maximum absolute atomic E-state index is 11.8. The minimum atomic E-state index is 0.0401. The first kappa shape index (κ1) is 17.1. The molecule has 2 aromatic heterocycles.